The minimum atomic E-state index is -0.431. The zero-order chi connectivity index (χ0) is 10.3. The minimum Gasteiger partial charge on any atom is -0.392 e. The second-order valence-corrected chi connectivity index (χ2v) is 4.89. The predicted molar refractivity (Wildman–Crippen MR) is 54.8 cm³/mol. The van der Waals surface area contributed by atoms with Crippen LogP contribution < -0.4 is 0 Å². The predicted octanol–water partition coefficient (Wildman–Crippen LogP) is 2.07. The van der Waals surface area contributed by atoms with E-state index in [2.05, 4.69) is 6.92 Å². The van der Waals surface area contributed by atoms with Crippen molar-refractivity contribution in [1.29, 1.82) is 0 Å². The van der Waals surface area contributed by atoms with Gasteiger partial charge in [-0.15, -0.1) is 0 Å². The number of aliphatic hydroxyl groups is 1. The first-order chi connectivity index (χ1) is 6.57. The Balaban J connectivity index is 2.36. The van der Waals surface area contributed by atoms with Crippen LogP contribution in [0.4, 0.5) is 0 Å². The smallest absolute Gasteiger partial charge is 0.164 e. The molecule has 0 aromatic carbocycles. The third-order valence-corrected chi connectivity index (χ3v) is 4.12. The fourth-order valence-corrected chi connectivity index (χ4v) is 3.03. The first-order valence-electron chi connectivity index (χ1n) is 5.47. The van der Waals surface area contributed by atoms with Crippen LogP contribution in [0.3, 0.4) is 0 Å². The number of ketones is 1. The first-order valence-corrected chi connectivity index (χ1v) is 5.47. The summed E-state index contributed by atoms with van der Waals surface area (Å²) in [6.45, 7) is 4.10. The molecule has 2 heteroatoms. The van der Waals surface area contributed by atoms with Crippen LogP contribution in [0.15, 0.2) is 11.6 Å². The third-order valence-electron chi connectivity index (χ3n) is 4.12. The Kier molecular flexibility index (Phi) is 2.26. The van der Waals surface area contributed by atoms with E-state index in [1.54, 1.807) is 6.08 Å². The van der Waals surface area contributed by atoms with Gasteiger partial charge >= 0.3 is 0 Å². The molecule has 2 rings (SSSR count). The highest BCUT2D eigenvalue weighted by Gasteiger charge is 2.52. The molecule has 1 N–H and O–H groups in total. The highest BCUT2D eigenvalue weighted by atomic mass is 16.3. The van der Waals surface area contributed by atoms with Crippen LogP contribution in [-0.4, -0.2) is 17.0 Å². The van der Waals surface area contributed by atoms with Crippen molar-refractivity contribution < 1.29 is 9.90 Å². The van der Waals surface area contributed by atoms with Gasteiger partial charge in [0.25, 0.3) is 0 Å². The summed E-state index contributed by atoms with van der Waals surface area (Å²) in [6.07, 6.45) is 4.92. The van der Waals surface area contributed by atoms with Crippen molar-refractivity contribution in [1.82, 2.24) is 0 Å². The van der Waals surface area contributed by atoms with Gasteiger partial charge in [0.1, 0.15) is 0 Å². The molecule has 1 spiro atoms. The van der Waals surface area contributed by atoms with Crippen molar-refractivity contribution in [3.05, 3.63) is 11.6 Å². The Morgan fingerprint density at radius 3 is 2.71 bits per heavy atom. The molecule has 2 aliphatic rings. The lowest BCUT2D eigenvalue weighted by molar-refractivity contribution is -0.132. The van der Waals surface area contributed by atoms with Gasteiger partial charge in [-0.1, -0.05) is 12.5 Å². The molecule has 0 amide bonds. The standard InChI is InChI=1S/C12H18O2/c1-8-5-6-12(11(14)7-8)9(2)3-4-10(12)13/h7,9-10,13H,3-6H2,1-2H3. The maximum Gasteiger partial charge on any atom is 0.164 e. The van der Waals surface area contributed by atoms with E-state index in [0.29, 0.717) is 5.92 Å². The monoisotopic (exact) mass is 194 g/mol. The summed E-state index contributed by atoms with van der Waals surface area (Å²) in [5.41, 5.74) is 0.728. The van der Waals surface area contributed by atoms with Gasteiger partial charge in [-0.3, -0.25) is 4.79 Å². The average Bonchev–Trinajstić information content (AvgIpc) is 2.40. The SMILES string of the molecule is CC1=CC(=O)C2(CC1)C(C)CCC2O. The van der Waals surface area contributed by atoms with Gasteiger partial charge in [-0.2, -0.15) is 0 Å². The average molecular weight is 194 g/mol. The molecule has 0 radical (unpaired) electrons. The molecule has 14 heavy (non-hydrogen) atoms. The molecule has 1 saturated carbocycles. The van der Waals surface area contributed by atoms with Crippen LogP contribution in [0.2, 0.25) is 0 Å². The molecule has 0 bridgehead atoms. The Morgan fingerprint density at radius 1 is 1.50 bits per heavy atom. The molecular formula is C12H18O2. The highest BCUT2D eigenvalue weighted by Crippen LogP contribution is 2.50. The Hall–Kier alpha value is -0.630. The van der Waals surface area contributed by atoms with Crippen LogP contribution in [0.5, 0.6) is 0 Å². The second kappa shape index (κ2) is 3.20. The molecule has 0 saturated heterocycles. The highest BCUT2D eigenvalue weighted by molar-refractivity contribution is 5.97. The zero-order valence-corrected chi connectivity index (χ0v) is 8.92. The van der Waals surface area contributed by atoms with E-state index in [-0.39, 0.29) is 5.78 Å². The van der Waals surface area contributed by atoms with Crippen LogP contribution in [-0.2, 0) is 4.79 Å². The molecular weight excluding hydrogens is 176 g/mol. The number of hydrogen-bond donors (Lipinski definition) is 1. The quantitative estimate of drug-likeness (QED) is 0.641. The summed E-state index contributed by atoms with van der Waals surface area (Å²) in [7, 11) is 0. The van der Waals surface area contributed by atoms with E-state index >= 15 is 0 Å². The lowest BCUT2D eigenvalue weighted by Crippen LogP contribution is -2.43. The number of carbonyl (C=O) groups excluding carboxylic acids is 1. The number of allylic oxidation sites excluding steroid dienone is 2. The molecule has 0 heterocycles. The van der Waals surface area contributed by atoms with Gasteiger partial charge in [-0.05, 0) is 44.6 Å². The third kappa shape index (κ3) is 1.17. The van der Waals surface area contributed by atoms with Crippen LogP contribution in [0.25, 0.3) is 0 Å². The Labute approximate surface area is 85.0 Å². The minimum absolute atomic E-state index is 0.166. The van der Waals surface area contributed by atoms with Crippen molar-refractivity contribution in [2.45, 2.75) is 45.6 Å². The van der Waals surface area contributed by atoms with Crippen molar-refractivity contribution in [2.24, 2.45) is 11.3 Å². The Morgan fingerprint density at radius 2 is 2.21 bits per heavy atom. The van der Waals surface area contributed by atoms with Gasteiger partial charge in [-0.25, -0.2) is 0 Å². The summed E-state index contributed by atoms with van der Waals surface area (Å²) in [5, 5.41) is 9.98. The fourth-order valence-electron chi connectivity index (χ4n) is 3.03. The molecule has 2 nitrogen and oxygen atoms in total. The van der Waals surface area contributed by atoms with Crippen molar-refractivity contribution in [2.75, 3.05) is 0 Å². The van der Waals surface area contributed by atoms with E-state index in [9.17, 15) is 9.90 Å². The number of aliphatic hydroxyl groups excluding tert-OH is 1. The van der Waals surface area contributed by atoms with Gasteiger partial charge in [0.05, 0.1) is 11.5 Å². The van der Waals surface area contributed by atoms with Gasteiger partial charge in [0, 0.05) is 0 Å². The molecule has 2 aliphatic carbocycles. The molecule has 1 fully saturated rings. The van der Waals surface area contributed by atoms with Crippen molar-refractivity contribution in [3.8, 4) is 0 Å². The number of hydrogen-bond acceptors (Lipinski definition) is 2. The lowest BCUT2D eigenvalue weighted by atomic mass is 9.67. The van der Waals surface area contributed by atoms with Gasteiger partial charge in [0.15, 0.2) is 5.78 Å². The zero-order valence-electron chi connectivity index (χ0n) is 8.92. The molecule has 3 unspecified atom stereocenters. The molecule has 3 atom stereocenters. The molecule has 0 aliphatic heterocycles. The number of carbonyl (C=O) groups is 1. The van der Waals surface area contributed by atoms with Crippen molar-refractivity contribution >= 4 is 5.78 Å². The van der Waals surface area contributed by atoms with E-state index in [4.69, 9.17) is 0 Å². The number of rotatable bonds is 0. The van der Waals surface area contributed by atoms with E-state index < -0.39 is 11.5 Å². The summed E-state index contributed by atoms with van der Waals surface area (Å²) in [5.74, 6) is 0.508. The fraction of sp³-hybridized carbons (Fsp3) is 0.750. The first kappa shape index (κ1) is 9.91. The van der Waals surface area contributed by atoms with E-state index in [1.165, 1.54) is 0 Å². The van der Waals surface area contributed by atoms with Gasteiger partial charge in [0.2, 0.25) is 0 Å². The topological polar surface area (TPSA) is 37.3 Å². The van der Waals surface area contributed by atoms with Crippen LogP contribution in [0.1, 0.15) is 39.5 Å². The summed E-state index contributed by atoms with van der Waals surface area (Å²) < 4.78 is 0. The van der Waals surface area contributed by atoms with Crippen LogP contribution in [0, 0.1) is 11.3 Å². The largest absolute Gasteiger partial charge is 0.392 e. The molecule has 0 aromatic rings. The second-order valence-electron chi connectivity index (χ2n) is 4.89. The lowest BCUT2D eigenvalue weighted by Gasteiger charge is -2.37. The van der Waals surface area contributed by atoms with E-state index in [0.717, 1.165) is 31.3 Å². The molecule has 78 valence electrons. The van der Waals surface area contributed by atoms with Gasteiger partial charge < -0.3 is 5.11 Å². The normalized spacial score (nSPS) is 43.1. The summed E-state index contributed by atoms with van der Waals surface area (Å²) in [6, 6.07) is 0. The van der Waals surface area contributed by atoms with Crippen molar-refractivity contribution in [3.63, 3.8) is 0 Å². The Bertz CT molecular complexity index is 281. The maximum atomic E-state index is 12.0. The molecule has 0 aromatic heterocycles. The summed E-state index contributed by atoms with van der Waals surface area (Å²) in [4.78, 5) is 12.0. The van der Waals surface area contributed by atoms with E-state index in [1.807, 2.05) is 6.92 Å². The van der Waals surface area contributed by atoms with Crippen LogP contribution >= 0.6 is 0 Å². The maximum absolute atomic E-state index is 12.0. The summed E-state index contributed by atoms with van der Waals surface area (Å²) >= 11 is 0.